The lowest BCUT2D eigenvalue weighted by Crippen LogP contribution is -2.48. The lowest BCUT2D eigenvalue weighted by Gasteiger charge is -2.40. The molecule has 2 aliphatic rings. The third-order valence-corrected chi connectivity index (χ3v) is 4.62. The average molecular weight is 284 g/mol. The average Bonchev–Trinajstić information content (AvgIpc) is 2.79. The second-order valence-electron chi connectivity index (χ2n) is 6.12. The van der Waals surface area contributed by atoms with Gasteiger partial charge in [0.25, 0.3) is 0 Å². The Balaban J connectivity index is 1.71. The van der Waals surface area contributed by atoms with E-state index >= 15 is 0 Å². The van der Waals surface area contributed by atoms with Crippen LogP contribution in [0.3, 0.4) is 0 Å². The molecule has 0 heterocycles. The van der Waals surface area contributed by atoms with Gasteiger partial charge in [-0.2, -0.15) is 0 Å². The van der Waals surface area contributed by atoms with Crippen molar-refractivity contribution in [1.82, 2.24) is 10.6 Å². The second-order valence-corrected chi connectivity index (χ2v) is 6.12. The van der Waals surface area contributed by atoms with E-state index in [0.29, 0.717) is 6.54 Å². The second kappa shape index (κ2) is 6.43. The molecule has 0 bridgehead atoms. The number of nitrogens with one attached hydrogen (secondary N) is 2. The van der Waals surface area contributed by atoms with Gasteiger partial charge < -0.3 is 20.5 Å². The Bertz CT molecular complexity index is 368. The van der Waals surface area contributed by atoms with Crippen LogP contribution in [0, 0.1) is 5.41 Å². The maximum Gasteiger partial charge on any atom is 0.315 e. The minimum Gasteiger partial charge on any atom is -0.481 e. The maximum absolute atomic E-state index is 11.9. The highest BCUT2D eigenvalue weighted by Gasteiger charge is 2.39. The molecule has 0 aromatic rings. The summed E-state index contributed by atoms with van der Waals surface area (Å²) in [5.41, 5.74) is -0.228. The number of aliphatic carboxylic acids is 1. The standard InChI is InChI=1S/C14H24N2O4/c1-20-11-4-3-10(7-11)16-13(19)15-9-14(5-2-6-14)8-12(17)18/h10-11H,2-9H2,1H3,(H,17,18)(H2,15,16,19). The van der Waals surface area contributed by atoms with Gasteiger partial charge in [0.05, 0.1) is 12.5 Å². The zero-order valence-corrected chi connectivity index (χ0v) is 12.0. The first-order valence-corrected chi connectivity index (χ1v) is 7.32. The van der Waals surface area contributed by atoms with Crippen molar-refractivity contribution in [3.63, 3.8) is 0 Å². The summed E-state index contributed by atoms with van der Waals surface area (Å²) < 4.78 is 5.27. The number of hydrogen-bond donors (Lipinski definition) is 3. The summed E-state index contributed by atoms with van der Waals surface area (Å²) >= 11 is 0. The number of carboxylic acid groups (broad SMARTS) is 1. The minimum atomic E-state index is -0.786. The molecule has 6 heteroatoms. The van der Waals surface area contributed by atoms with Gasteiger partial charge in [-0.15, -0.1) is 0 Å². The van der Waals surface area contributed by atoms with E-state index in [-0.39, 0.29) is 30.0 Å². The van der Waals surface area contributed by atoms with Gasteiger partial charge in [0, 0.05) is 19.7 Å². The molecule has 114 valence electrons. The van der Waals surface area contributed by atoms with Crippen LogP contribution in [0.15, 0.2) is 0 Å². The summed E-state index contributed by atoms with van der Waals surface area (Å²) in [6.45, 7) is 0.450. The van der Waals surface area contributed by atoms with Gasteiger partial charge in [-0.3, -0.25) is 4.79 Å². The van der Waals surface area contributed by atoms with Crippen LogP contribution in [0.2, 0.25) is 0 Å². The zero-order valence-electron chi connectivity index (χ0n) is 12.0. The molecule has 0 aromatic heterocycles. The van der Waals surface area contributed by atoms with Gasteiger partial charge in [-0.05, 0) is 37.5 Å². The number of carbonyl (C=O) groups is 2. The monoisotopic (exact) mass is 284 g/mol. The van der Waals surface area contributed by atoms with Crippen molar-refractivity contribution in [2.24, 2.45) is 5.41 Å². The van der Waals surface area contributed by atoms with E-state index in [1.54, 1.807) is 7.11 Å². The van der Waals surface area contributed by atoms with Gasteiger partial charge in [0.2, 0.25) is 0 Å². The van der Waals surface area contributed by atoms with E-state index in [9.17, 15) is 9.59 Å². The molecule has 2 rings (SSSR count). The highest BCUT2D eigenvalue weighted by molar-refractivity contribution is 5.74. The van der Waals surface area contributed by atoms with E-state index in [2.05, 4.69) is 10.6 Å². The molecular weight excluding hydrogens is 260 g/mol. The fourth-order valence-electron chi connectivity index (χ4n) is 3.20. The van der Waals surface area contributed by atoms with Crippen molar-refractivity contribution in [2.75, 3.05) is 13.7 Å². The Morgan fingerprint density at radius 3 is 2.60 bits per heavy atom. The molecule has 2 aliphatic carbocycles. The molecule has 2 fully saturated rings. The highest BCUT2D eigenvalue weighted by atomic mass is 16.5. The summed E-state index contributed by atoms with van der Waals surface area (Å²) in [6, 6.07) is -0.0276. The number of carbonyl (C=O) groups excluding carboxylic acids is 1. The first-order chi connectivity index (χ1) is 9.53. The number of methoxy groups -OCH3 is 1. The van der Waals surface area contributed by atoms with Crippen LogP contribution in [-0.2, 0) is 9.53 Å². The summed E-state index contributed by atoms with van der Waals surface area (Å²) in [7, 11) is 1.69. The normalized spacial score (nSPS) is 27.6. The Hall–Kier alpha value is -1.30. The Morgan fingerprint density at radius 1 is 1.35 bits per heavy atom. The number of rotatable bonds is 6. The molecule has 0 aromatic carbocycles. The largest absolute Gasteiger partial charge is 0.481 e. The van der Waals surface area contributed by atoms with Crippen LogP contribution in [0.1, 0.15) is 44.9 Å². The van der Waals surface area contributed by atoms with Crippen molar-refractivity contribution in [3.05, 3.63) is 0 Å². The van der Waals surface area contributed by atoms with Crippen LogP contribution in [0.5, 0.6) is 0 Å². The number of ether oxygens (including phenoxy) is 1. The van der Waals surface area contributed by atoms with E-state index in [1.165, 1.54) is 0 Å². The molecule has 2 unspecified atom stereocenters. The van der Waals surface area contributed by atoms with Crippen molar-refractivity contribution in [2.45, 2.75) is 57.1 Å². The number of hydrogen-bond acceptors (Lipinski definition) is 3. The van der Waals surface area contributed by atoms with Gasteiger partial charge in [-0.1, -0.05) is 6.42 Å². The first-order valence-electron chi connectivity index (χ1n) is 7.32. The molecule has 20 heavy (non-hydrogen) atoms. The summed E-state index contributed by atoms with van der Waals surface area (Å²) in [5.74, 6) is -0.786. The van der Waals surface area contributed by atoms with E-state index in [1.807, 2.05) is 0 Å². The van der Waals surface area contributed by atoms with E-state index in [4.69, 9.17) is 9.84 Å². The summed E-state index contributed by atoms with van der Waals surface area (Å²) in [4.78, 5) is 22.7. The Kier molecular flexibility index (Phi) is 4.86. The molecule has 0 aliphatic heterocycles. The minimum absolute atomic E-state index is 0.141. The fourth-order valence-corrected chi connectivity index (χ4v) is 3.20. The molecule has 0 saturated heterocycles. The SMILES string of the molecule is COC1CCC(NC(=O)NCC2(CC(=O)O)CCC2)C1. The van der Waals surface area contributed by atoms with Crippen LogP contribution in [-0.4, -0.2) is 42.9 Å². The Morgan fingerprint density at radius 2 is 2.10 bits per heavy atom. The van der Waals surface area contributed by atoms with Crippen LogP contribution in [0.25, 0.3) is 0 Å². The lowest BCUT2D eigenvalue weighted by atomic mass is 9.66. The molecule has 0 spiro atoms. The van der Waals surface area contributed by atoms with Crippen molar-refractivity contribution in [3.8, 4) is 0 Å². The van der Waals surface area contributed by atoms with Gasteiger partial charge >= 0.3 is 12.0 Å². The Labute approximate surface area is 119 Å². The molecule has 2 saturated carbocycles. The number of carboxylic acids is 1. The molecule has 6 nitrogen and oxygen atoms in total. The van der Waals surface area contributed by atoms with E-state index in [0.717, 1.165) is 38.5 Å². The quantitative estimate of drug-likeness (QED) is 0.689. The number of amides is 2. The van der Waals surface area contributed by atoms with Crippen LogP contribution >= 0.6 is 0 Å². The molecule has 2 amide bonds. The van der Waals surface area contributed by atoms with Gasteiger partial charge in [0.15, 0.2) is 0 Å². The summed E-state index contributed by atoms with van der Waals surface area (Å²) in [6.07, 6.45) is 5.96. The van der Waals surface area contributed by atoms with Crippen LogP contribution < -0.4 is 10.6 Å². The topological polar surface area (TPSA) is 87.7 Å². The van der Waals surface area contributed by atoms with Gasteiger partial charge in [0.1, 0.15) is 0 Å². The molecule has 2 atom stereocenters. The lowest BCUT2D eigenvalue weighted by molar-refractivity contribution is -0.141. The van der Waals surface area contributed by atoms with Crippen LogP contribution in [0.4, 0.5) is 4.79 Å². The number of urea groups is 1. The highest BCUT2D eigenvalue weighted by Crippen LogP contribution is 2.43. The maximum atomic E-state index is 11.9. The first kappa shape index (κ1) is 15.1. The van der Waals surface area contributed by atoms with Crippen molar-refractivity contribution < 1.29 is 19.4 Å². The van der Waals surface area contributed by atoms with E-state index < -0.39 is 5.97 Å². The molecular formula is C14H24N2O4. The predicted molar refractivity (Wildman–Crippen MR) is 73.5 cm³/mol. The summed E-state index contributed by atoms with van der Waals surface area (Å²) in [5, 5.41) is 14.7. The molecule has 3 N–H and O–H groups in total. The third-order valence-electron chi connectivity index (χ3n) is 4.62. The zero-order chi connectivity index (χ0) is 14.6. The predicted octanol–water partition coefficient (Wildman–Crippen LogP) is 1.50. The van der Waals surface area contributed by atoms with Crippen molar-refractivity contribution in [1.29, 1.82) is 0 Å². The third kappa shape index (κ3) is 3.85. The van der Waals surface area contributed by atoms with Gasteiger partial charge in [-0.25, -0.2) is 4.79 Å². The van der Waals surface area contributed by atoms with Crippen molar-refractivity contribution >= 4 is 12.0 Å². The smallest absolute Gasteiger partial charge is 0.315 e. The fraction of sp³-hybridized carbons (Fsp3) is 0.857. The molecule has 0 radical (unpaired) electrons.